The molecule has 0 fully saturated rings. The van der Waals surface area contributed by atoms with Crippen molar-refractivity contribution >= 4 is 40.7 Å². The van der Waals surface area contributed by atoms with Gasteiger partial charge in [-0.05, 0) is 54.6 Å². The Hall–Kier alpha value is -3.44. The Labute approximate surface area is 160 Å². The van der Waals surface area contributed by atoms with Crippen LogP contribution in [0.1, 0.15) is 31.1 Å². The molecule has 1 N–H and O–H groups in total. The molecule has 3 aromatic carbocycles. The van der Waals surface area contributed by atoms with Gasteiger partial charge in [-0.2, -0.15) is 0 Å². The molecule has 0 radical (unpaired) electrons. The number of carbonyl (C=O) groups excluding carboxylic acids is 3. The second kappa shape index (κ2) is 6.70. The van der Waals surface area contributed by atoms with Crippen LogP contribution in [0.5, 0.6) is 0 Å². The molecule has 3 amide bonds. The van der Waals surface area contributed by atoms with Crippen molar-refractivity contribution in [2.75, 3.05) is 10.2 Å². The van der Waals surface area contributed by atoms with Crippen LogP contribution in [0.2, 0.25) is 5.02 Å². The molecule has 0 atom stereocenters. The van der Waals surface area contributed by atoms with Gasteiger partial charge in [0, 0.05) is 16.3 Å². The van der Waals surface area contributed by atoms with Crippen LogP contribution < -0.4 is 10.2 Å². The number of hydrogen-bond donors (Lipinski definition) is 1. The highest BCUT2D eigenvalue weighted by Crippen LogP contribution is 2.29. The zero-order chi connectivity index (χ0) is 19.0. The maximum absolute atomic E-state index is 12.6. The van der Waals surface area contributed by atoms with E-state index in [-0.39, 0.29) is 5.91 Å². The molecule has 1 aliphatic rings. The van der Waals surface area contributed by atoms with E-state index in [9.17, 15) is 14.4 Å². The monoisotopic (exact) mass is 376 g/mol. The highest BCUT2D eigenvalue weighted by atomic mass is 35.5. The third kappa shape index (κ3) is 3.09. The number of amides is 3. The number of hydrogen-bond acceptors (Lipinski definition) is 3. The van der Waals surface area contributed by atoms with Gasteiger partial charge >= 0.3 is 0 Å². The molecule has 6 heteroatoms. The highest BCUT2D eigenvalue weighted by Gasteiger charge is 2.36. The van der Waals surface area contributed by atoms with E-state index in [4.69, 9.17) is 11.6 Å². The molecule has 1 aliphatic heterocycles. The Morgan fingerprint density at radius 1 is 0.815 bits per heavy atom. The van der Waals surface area contributed by atoms with Gasteiger partial charge in [-0.15, -0.1) is 0 Å². The van der Waals surface area contributed by atoms with Gasteiger partial charge in [0.25, 0.3) is 17.7 Å². The smallest absolute Gasteiger partial charge is 0.266 e. The molecule has 0 bridgehead atoms. The van der Waals surface area contributed by atoms with Crippen LogP contribution in [0.4, 0.5) is 11.4 Å². The molecule has 0 spiro atoms. The average Bonchev–Trinajstić information content (AvgIpc) is 2.95. The van der Waals surface area contributed by atoms with E-state index >= 15 is 0 Å². The van der Waals surface area contributed by atoms with Crippen molar-refractivity contribution in [1.82, 2.24) is 0 Å². The predicted molar refractivity (Wildman–Crippen MR) is 103 cm³/mol. The van der Waals surface area contributed by atoms with Gasteiger partial charge < -0.3 is 5.32 Å². The van der Waals surface area contributed by atoms with Gasteiger partial charge in [0.15, 0.2) is 0 Å². The topological polar surface area (TPSA) is 66.5 Å². The summed E-state index contributed by atoms with van der Waals surface area (Å²) in [4.78, 5) is 38.8. The Morgan fingerprint density at radius 3 is 2.07 bits per heavy atom. The fraction of sp³-hybridized carbons (Fsp3) is 0. The molecule has 0 aliphatic carbocycles. The van der Waals surface area contributed by atoms with E-state index in [1.807, 2.05) is 0 Å². The molecular formula is C21H13ClN2O3. The first-order valence-electron chi connectivity index (χ1n) is 8.19. The summed E-state index contributed by atoms with van der Waals surface area (Å²) >= 11 is 5.84. The quantitative estimate of drug-likeness (QED) is 0.689. The van der Waals surface area contributed by atoms with Crippen LogP contribution in [-0.2, 0) is 0 Å². The van der Waals surface area contributed by atoms with Gasteiger partial charge in [0.05, 0.1) is 16.8 Å². The molecule has 3 aromatic rings. The average molecular weight is 377 g/mol. The van der Waals surface area contributed by atoms with Crippen molar-refractivity contribution in [2.45, 2.75) is 0 Å². The van der Waals surface area contributed by atoms with Gasteiger partial charge in [-0.1, -0.05) is 29.8 Å². The summed E-state index contributed by atoms with van der Waals surface area (Å²) in [5.41, 5.74) is 2.00. The first-order chi connectivity index (χ1) is 13.0. The number of imide groups is 1. The molecular weight excluding hydrogens is 364 g/mol. The van der Waals surface area contributed by atoms with E-state index in [0.717, 1.165) is 4.90 Å². The first-order valence-corrected chi connectivity index (χ1v) is 8.57. The lowest BCUT2D eigenvalue weighted by Crippen LogP contribution is -2.29. The zero-order valence-corrected chi connectivity index (χ0v) is 14.7. The van der Waals surface area contributed by atoms with Crippen LogP contribution in [-0.4, -0.2) is 17.7 Å². The van der Waals surface area contributed by atoms with Crippen molar-refractivity contribution in [3.8, 4) is 0 Å². The molecule has 4 rings (SSSR count). The largest absolute Gasteiger partial charge is 0.322 e. The maximum Gasteiger partial charge on any atom is 0.266 e. The molecule has 0 unspecified atom stereocenters. The lowest BCUT2D eigenvalue weighted by molar-refractivity contribution is 0.0924. The molecule has 1 heterocycles. The van der Waals surface area contributed by atoms with Crippen LogP contribution in [0, 0.1) is 0 Å². The summed E-state index contributed by atoms with van der Waals surface area (Å²) in [5.74, 6) is -1.15. The second-order valence-electron chi connectivity index (χ2n) is 6.00. The lowest BCUT2D eigenvalue weighted by atomic mass is 10.1. The highest BCUT2D eigenvalue weighted by molar-refractivity contribution is 6.34. The fourth-order valence-corrected chi connectivity index (χ4v) is 3.07. The number of rotatable bonds is 3. The summed E-state index contributed by atoms with van der Waals surface area (Å²) in [6.07, 6.45) is 0. The summed E-state index contributed by atoms with van der Waals surface area (Å²) in [6, 6.07) is 19.8. The Morgan fingerprint density at radius 2 is 1.44 bits per heavy atom. The summed E-state index contributed by atoms with van der Waals surface area (Å²) in [7, 11) is 0. The Kier molecular flexibility index (Phi) is 4.22. The molecule has 27 heavy (non-hydrogen) atoms. The third-order valence-corrected chi connectivity index (χ3v) is 4.51. The summed E-state index contributed by atoms with van der Waals surface area (Å²) in [5, 5.41) is 3.33. The Balaban J connectivity index is 1.62. The van der Waals surface area contributed by atoms with E-state index in [1.165, 1.54) is 6.07 Å². The number of nitrogens with one attached hydrogen (secondary N) is 1. The first kappa shape index (κ1) is 17.0. The molecule has 0 aromatic heterocycles. The van der Waals surface area contributed by atoms with E-state index in [1.54, 1.807) is 66.7 Å². The third-order valence-electron chi connectivity index (χ3n) is 4.26. The fourth-order valence-electron chi connectivity index (χ4n) is 2.95. The predicted octanol–water partition coefficient (Wildman–Crippen LogP) is 4.39. The summed E-state index contributed by atoms with van der Waals surface area (Å²) < 4.78 is 0. The summed E-state index contributed by atoms with van der Waals surface area (Å²) in [6.45, 7) is 0. The lowest BCUT2D eigenvalue weighted by Gasteiger charge is -2.15. The standard InChI is InChI=1S/C21H13ClN2O3/c22-14-8-10-15(11-9-14)23-19(25)13-4-3-5-16(12-13)24-20(26)17-6-1-2-7-18(17)21(24)27/h1-12H,(H,23,25). The molecule has 5 nitrogen and oxygen atoms in total. The van der Waals surface area contributed by atoms with Crippen LogP contribution in [0.15, 0.2) is 72.8 Å². The Bertz CT molecular complexity index is 1040. The molecule has 0 saturated carbocycles. The van der Waals surface area contributed by atoms with Crippen LogP contribution in [0.25, 0.3) is 0 Å². The van der Waals surface area contributed by atoms with Crippen molar-refractivity contribution in [3.05, 3.63) is 94.5 Å². The minimum absolute atomic E-state index is 0.332. The van der Waals surface area contributed by atoms with Gasteiger partial charge in [-0.3, -0.25) is 14.4 Å². The van der Waals surface area contributed by atoms with Gasteiger partial charge in [-0.25, -0.2) is 4.90 Å². The normalized spacial score (nSPS) is 12.9. The van der Waals surface area contributed by atoms with Crippen molar-refractivity contribution in [1.29, 1.82) is 0 Å². The number of halogens is 1. The van der Waals surface area contributed by atoms with Crippen LogP contribution >= 0.6 is 11.6 Å². The molecule has 0 saturated heterocycles. The number of fused-ring (bicyclic) bond motifs is 1. The van der Waals surface area contributed by atoms with Crippen molar-refractivity contribution in [3.63, 3.8) is 0 Å². The van der Waals surface area contributed by atoms with Gasteiger partial charge in [0.2, 0.25) is 0 Å². The zero-order valence-electron chi connectivity index (χ0n) is 14.0. The molecule has 132 valence electrons. The van der Waals surface area contributed by atoms with Crippen molar-refractivity contribution < 1.29 is 14.4 Å². The van der Waals surface area contributed by atoms with Crippen molar-refractivity contribution in [2.24, 2.45) is 0 Å². The van der Waals surface area contributed by atoms with E-state index < -0.39 is 11.8 Å². The van der Waals surface area contributed by atoms with Crippen LogP contribution in [0.3, 0.4) is 0 Å². The minimum Gasteiger partial charge on any atom is -0.322 e. The van der Waals surface area contributed by atoms with E-state index in [2.05, 4.69) is 5.32 Å². The van der Waals surface area contributed by atoms with Gasteiger partial charge in [0.1, 0.15) is 0 Å². The second-order valence-corrected chi connectivity index (χ2v) is 6.44. The SMILES string of the molecule is O=C(Nc1ccc(Cl)cc1)c1cccc(N2C(=O)c3ccccc3C2=O)c1. The number of anilines is 2. The van der Waals surface area contributed by atoms with E-state index in [0.29, 0.717) is 33.1 Å². The number of carbonyl (C=O) groups is 3. The maximum atomic E-state index is 12.6. The minimum atomic E-state index is -0.397. The number of benzene rings is 3. The number of nitrogens with zero attached hydrogens (tertiary/aromatic N) is 1.